The number of carbonyl (C=O) groups excluding carboxylic acids is 1. The van der Waals surface area contributed by atoms with Crippen molar-refractivity contribution in [2.45, 2.75) is 38.0 Å². The molecular formula is C16H24F3NO4. The van der Waals surface area contributed by atoms with Crippen molar-refractivity contribution in [3.8, 4) is 0 Å². The highest BCUT2D eigenvalue weighted by molar-refractivity contribution is 5.84. The first-order chi connectivity index (χ1) is 11.4. The quantitative estimate of drug-likeness (QED) is 0.760. The van der Waals surface area contributed by atoms with Crippen LogP contribution >= 0.6 is 0 Å². The molecule has 2 saturated heterocycles. The lowest BCUT2D eigenvalue weighted by Crippen LogP contribution is -2.58. The van der Waals surface area contributed by atoms with E-state index < -0.39 is 17.5 Å². The SMILES string of the molecule is O=C(N1CCOC(COCC2CC2)C1)C1(C(F)(F)F)CCOCC1. The number of morpholine rings is 1. The summed E-state index contributed by atoms with van der Waals surface area (Å²) in [7, 11) is 0. The van der Waals surface area contributed by atoms with Crippen LogP contribution in [0.5, 0.6) is 0 Å². The van der Waals surface area contributed by atoms with Gasteiger partial charge in [-0.05, 0) is 31.6 Å². The van der Waals surface area contributed by atoms with E-state index in [2.05, 4.69) is 0 Å². The Hall–Kier alpha value is -0.860. The van der Waals surface area contributed by atoms with Crippen LogP contribution < -0.4 is 0 Å². The van der Waals surface area contributed by atoms with Crippen LogP contribution in [0.3, 0.4) is 0 Å². The Balaban J connectivity index is 1.61. The molecular weight excluding hydrogens is 327 g/mol. The molecule has 1 aliphatic carbocycles. The third-order valence-corrected chi connectivity index (χ3v) is 5.08. The van der Waals surface area contributed by atoms with E-state index in [0.29, 0.717) is 19.1 Å². The Bertz CT molecular complexity index is 447. The second-order valence-electron chi connectivity index (χ2n) is 6.92. The van der Waals surface area contributed by atoms with E-state index in [1.54, 1.807) is 0 Å². The molecule has 5 nitrogen and oxygen atoms in total. The van der Waals surface area contributed by atoms with Gasteiger partial charge in [-0.1, -0.05) is 0 Å². The van der Waals surface area contributed by atoms with Gasteiger partial charge in [-0.15, -0.1) is 0 Å². The normalized spacial score (nSPS) is 28.0. The molecule has 3 aliphatic rings. The number of amides is 1. The summed E-state index contributed by atoms with van der Waals surface area (Å²) in [4.78, 5) is 14.0. The van der Waals surface area contributed by atoms with Gasteiger partial charge in [0.2, 0.25) is 5.91 Å². The Kier molecular flexibility index (Phi) is 5.36. The van der Waals surface area contributed by atoms with E-state index in [0.717, 1.165) is 0 Å². The summed E-state index contributed by atoms with van der Waals surface area (Å²) in [6.07, 6.45) is -3.19. The number of hydrogen-bond acceptors (Lipinski definition) is 4. The monoisotopic (exact) mass is 351 g/mol. The van der Waals surface area contributed by atoms with Crippen molar-refractivity contribution in [3.05, 3.63) is 0 Å². The van der Waals surface area contributed by atoms with Crippen molar-refractivity contribution >= 4 is 5.91 Å². The Morgan fingerprint density at radius 1 is 1.17 bits per heavy atom. The van der Waals surface area contributed by atoms with Crippen LogP contribution in [-0.2, 0) is 19.0 Å². The number of alkyl halides is 3. The number of hydrogen-bond donors (Lipinski definition) is 0. The lowest BCUT2D eigenvalue weighted by molar-refractivity contribution is -0.247. The van der Waals surface area contributed by atoms with E-state index in [1.807, 2.05) is 0 Å². The maximum absolute atomic E-state index is 13.6. The second kappa shape index (κ2) is 7.17. The van der Waals surface area contributed by atoms with Gasteiger partial charge in [-0.2, -0.15) is 13.2 Å². The minimum absolute atomic E-state index is 0.0382. The van der Waals surface area contributed by atoms with Gasteiger partial charge >= 0.3 is 6.18 Å². The van der Waals surface area contributed by atoms with Crippen LogP contribution in [0, 0.1) is 11.3 Å². The fourth-order valence-electron chi connectivity index (χ4n) is 3.30. The standard InChI is InChI=1S/C16H24F3NO4/c17-16(18,19)15(3-6-22-7-4-15)14(21)20-5-8-24-13(9-20)11-23-10-12-1-2-12/h12-13H,1-11H2. The van der Waals surface area contributed by atoms with Crippen molar-refractivity contribution in [1.82, 2.24) is 4.90 Å². The number of carbonyl (C=O) groups is 1. The minimum Gasteiger partial charge on any atom is -0.381 e. The molecule has 24 heavy (non-hydrogen) atoms. The van der Waals surface area contributed by atoms with Gasteiger partial charge in [0.25, 0.3) is 0 Å². The maximum Gasteiger partial charge on any atom is 0.403 e. The van der Waals surface area contributed by atoms with E-state index in [4.69, 9.17) is 14.2 Å². The van der Waals surface area contributed by atoms with Gasteiger partial charge in [0.05, 0.1) is 19.3 Å². The van der Waals surface area contributed by atoms with E-state index in [1.165, 1.54) is 17.7 Å². The van der Waals surface area contributed by atoms with Crippen molar-refractivity contribution in [3.63, 3.8) is 0 Å². The fourth-order valence-corrected chi connectivity index (χ4v) is 3.30. The van der Waals surface area contributed by atoms with Gasteiger partial charge < -0.3 is 19.1 Å². The summed E-state index contributed by atoms with van der Waals surface area (Å²) in [5.41, 5.74) is -2.32. The lowest BCUT2D eigenvalue weighted by Gasteiger charge is -2.43. The molecule has 2 aliphatic heterocycles. The Morgan fingerprint density at radius 3 is 2.50 bits per heavy atom. The highest BCUT2D eigenvalue weighted by Crippen LogP contribution is 2.47. The molecule has 0 aromatic carbocycles. The molecule has 0 radical (unpaired) electrons. The van der Waals surface area contributed by atoms with Gasteiger partial charge in [0.1, 0.15) is 5.41 Å². The summed E-state index contributed by atoms with van der Waals surface area (Å²) in [6.45, 7) is 1.50. The number of rotatable bonds is 5. The molecule has 3 rings (SSSR count). The van der Waals surface area contributed by atoms with Crippen LogP contribution in [0.1, 0.15) is 25.7 Å². The van der Waals surface area contributed by atoms with Gasteiger partial charge in [-0.25, -0.2) is 0 Å². The summed E-state index contributed by atoms with van der Waals surface area (Å²) < 4.78 is 57.1. The molecule has 0 N–H and O–H groups in total. The molecule has 0 aromatic rings. The zero-order valence-electron chi connectivity index (χ0n) is 13.6. The molecule has 1 unspecified atom stereocenters. The van der Waals surface area contributed by atoms with Crippen LogP contribution in [-0.4, -0.2) is 69.2 Å². The first-order valence-electron chi connectivity index (χ1n) is 8.55. The summed E-state index contributed by atoms with van der Waals surface area (Å²) in [6, 6.07) is 0. The Labute approximate surface area is 139 Å². The summed E-state index contributed by atoms with van der Waals surface area (Å²) >= 11 is 0. The third-order valence-electron chi connectivity index (χ3n) is 5.08. The van der Waals surface area contributed by atoms with Crippen LogP contribution in [0.15, 0.2) is 0 Å². The highest BCUT2D eigenvalue weighted by Gasteiger charge is 2.61. The highest BCUT2D eigenvalue weighted by atomic mass is 19.4. The Morgan fingerprint density at radius 2 is 1.88 bits per heavy atom. The number of halogens is 3. The van der Waals surface area contributed by atoms with Gasteiger partial charge in [0, 0.05) is 32.9 Å². The van der Waals surface area contributed by atoms with Crippen molar-refractivity contribution in [2.24, 2.45) is 11.3 Å². The minimum atomic E-state index is -4.57. The molecule has 8 heteroatoms. The molecule has 0 spiro atoms. The lowest BCUT2D eigenvalue weighted by atomic mass is 9.78. The third kappa shape index (κ3) is 3.86. The summed E-state index contributed by atoms with van der Waals surface area (Å²) in [5, 5.41) is 0. The molecule has 0 bridgehead atoms. The second-order valence-corrected chi connectivity index (χ2v) is 6.92. The molecule has 1 amide bonds. The smallest absolute Gasteiger partial charge is 0.381 e. The molecule has 2 heterocycles. The van der Waals surface area contributed by atoms with E-state index >= 15 is 0 Å². The molecule has 1 atom stereocenters. The van der Waals surface area contributed by atoms with E-state index in [9.17, 15) is 18.0 Å². The molecule has 3 fully saturated rings. The zero-order valence-corrected chi connectivity index (χ0v) is 13.6. The van der Waals surface area contributed by atoms with Gasteiger partial charge in [-0.3, -0.25) is 4.79 Å². The van der Waals surface area contributed by atoms with Crippen LogP contribution in [0.25, 0.3) is 0 Å². The zero-order chi connectivity index (χ0) is 17.2. The number of nitrogens with zero attached hydrogens (tertiary/aromatic N) is 1. The predicted octanol–water partition coefficient (Wildman–Crippen LogP) is 2.00. The summed E-state index contributed by atoms with van der Waals surface area (Å²) in [5.74, 6) is -0.226. The fraction of sp³-hybridized carbons (Fsp3) is 0.938. The predicted molar refractivity (Wildman–Crippen MR) is 78.4 cm³/mol. The van der Waals surface area contributed by atoms with Crippen molar-refractivity contribution in [2.75, 3.05) is 46.1 Å². The molecule has 138 valence electrons. The largest absolute Gasteiger partial charge is 0.403 e. The average Bonchev–Trinajstić information content (AvgIpc) is 3.38. The van der Waals surface area contributed by atoms with Crippen LogP contribution in [0.2, 0.25) is 0 Å². The first kappa shape index (κ1) is 17.9. The van der Waals surface area contributed by atoms with Crippen molar-refractivity contribution in [1.29, 1.82) is 0 Å². The van der Waals surface area contributed by atoms with Crippen molar-refractivity contribution < 1.29 is 32.2 Å². The average molecular weight is 351 g/mol. The molecule has 1 saturated carbocycles. The van der Waals surface area contributed by atoms with E-state index in [-0.39, 0.29) is 51.9 Å². The maximum atomic E-state index is 13.6. The van der Waals surface area contributed by atoms with Gasteiger partial charge in [0.15, 0.2) is 0 Å². The first-order valence-corrected chi connectivity index (χ1v) is 8.55. The number of ether oxygens (including phenoxy) is 3. The van der Waals surface area contributed by atoms with Crippen LogP contribution in [0.4, 0.5) is 13.2 Å². The molecule has 0 aromatic heterocycles. The topological polar surface area (TPSA) is 48.0 Å².